The van der Waals surface area contributed by atoms with E-state index in [0.29, 0.717) is 6.42 Å². The molecule has 0 aliphatic carbocycles. The lowest BCUT2D eigenvalue weighted by Gasteiger charge is -2.29. The molecular weight excluding hydrogens is 344 g/mol. The second-order valence-electron chi connectivity index (χ2n) is 6.82. The van der Waals surface area contributed by atoms with Crippen molar-refractivity contribution in [2.75, 3.05) is 11.5 Å². The molecule has 0 spiro atoms. The standard InChI is InChI=1S/C17H20N2O5S/c1-10(2)14(15(20)18-11-7-8-25(23,24)9-11)19-16(21)12-5-3-4-6-13(12)17(19)22/h3-6,10-11,14H,7-9H2,1-2H3,(H,18,20)/t11-,14+/m1/s1. The van der Waals surface area contributed by atoms with E-state index in [1.165, 1.54) is 0 Å². The van der Waals surface area contributed by atoms with Crippen LogP contribution in [0.4, 0.5) is 0 Å². The van der Waals surface area contributed by atoms with E-state index < -0.39 is 39.6 Å². The fourth-order valence-electron chi connectivity index (χ4n) is 3.37. The van der Waals surface area contributed by atoms with Crippen molar-refractivity contribution in [2.45, 2.75) is 32.4 Å². The SMILES string of the molecule is CC(C)[C@@H](C(=O)N[C@@H]1CCS(=O)(=O)C1)N1C(=O)c2ccccc2C1=O. The van der Waals surface area contributed by atoms with Crippen LogP contribution in [0, 0.1) is 5.92 Å². The van der Waals surface area contributed by atoms with Crippen molar-refractivity contribution in [1.82, 2.24) is 10.2 Å². The highest BCUT2D eigenvalue weighted by molar-refractivity contribution is 7.91. The van der Waals surface area contributed by atoms with Crippen LogP contribution in [0.5, 0.6) is 0 Å². The summed E-state index contributed by atoms with van der Waals surface area (Å²) in [6.45, 7) is 3.50. The van der Waals surface area contributed by atoms with Crippen LogP contribution in [-0.2, 0) is 14.6 Å². The van der Waals surface area contributed by atoms with Crippen LogP contribution in [0.2, 0.25) is 0 Å². The van der Waals surface area contributed by atoms with Crippen molar-refractivity contribution in [2.24, 2.45) is 5.92 Å². The lowest BCUT2D eigenvalue weighted by atomic mass is 10.0. The van der Waals surface area contributed by atoms with Crippen LogP contribution < -0.4 is 5.32 Å². The van der Waals surface area contributed by atoms with Crippen molar-refractivity contribution in [1.29, 1.82) is 0 Å². The molecule has 8 heteroatoms. The average Bonchev–Trinajstić information content (AvgIpc) is 2.99. The van der Waals surface area contributed by atoms with Gasteiger partial charge < -0.3 is 5.32 Å². The third kappa shape index (κ3) is 3.18. The Morgan fingerprint density at radius 3 is 2.16 bits per heavy atom. The second kappa shape index (κ2) is 6.25. The Kier molecular flexibility index (Phi) is 4.40. The molecule has 25 heavy (non-hydrogen) atoms. The molecule has 2 aliphatic rings. The first-order valence-corrected chi connectivity index (χ1v) is 10.0. The topological polar surface area (TPSA) is 101 Å². The Morgan fingerprint density at radius 2 is 1.72 bits per heavy atom. The molecule has 0 radical (unpaired) electrons. The second-order valence-corrected chi connectivity index (χ2v) is 9.05. The van der Waals surface area contributed by atoms with E-state index >= 15 is 0 Å². The normalized spacial score (nSPS) is 23.0. The highest BCUT2D eigenvalue weighted by Gasteiger charge is 2.44. The molecule has 7 nitrogen and oxygen atoms in total. The summed E-state index contributed by atoms with van der Waals surface area (Å²) in [5, 5.41) is 2.70. The van der Waals surface area contributed by atoms with Gasteiger partial charge in [0.15, 0.2) is 9.84 Å². The third-order valence-corrected chi connectivity index (χ3v) is 6.35. The predicted octanol–water partition coefficient (Wildman–Crippen LogP) is 0.611. The Morgan fingerprint density at radius 1 is 1.16 bits per heavy atom. The molecule has 2 aliphatic heterocycles. The van der Waals surface area contributed by atoms with Crippen LogP contribution in [0.25, 0.3) is 0 Å². The molecule has 1 aromatic carbocycles. The van der Waals surface area contributed by atoms with E-state index in [1.807, 2.05) is 0 Å². The number of benzene rings is 1. The van der Waals surface area contributed by atoms with Crippen molar-refractivity contribution < 1.29 is 22.8 Å². The summed E-state index contributed by atoms with van der Waals surface area (Å²) in [5.74, 6) is -1.85. The van der Waals surface area contributed by atoms with Gasteiger partial charge in [-0.3, -0.25) is 19.3 Å². The smallest absolute Gasteiger partial charge is 0.262 e. The summed E-state index contributed by atoms with van der Waals surface area (Å²) >= 11 is 0. The minimum Gasteiger partial charge on any atom is -0.350 e. The molecule has 2 atom stereocenters. The summed E-state index contributed by atoms with van der Waals surface area (Å²) in [4.78, 5) is 39.0. The van der Waals surface area contributed by atoms with Gasteiger partial charge in [0.25, 0.3) is 11.8 Å². The summed E-state index contributed by atoms with van der Waals surface area (Å²) in [5.41, 5.74) is 0.573. The largest absolute Gasteiger partial charge is 0.350 e. The van der Waals surface area contributed by atoms with Gasteiger partial charge in [0.1, 0.15) is 6.04 Å². The Labute approximate surface area is 146 Å². The number of carbonyl (C=O) groups excluding carboxylic acids is 3. The quantitative estimate of drug-likeness (QED) is 0.789. The zero-order valence-corrected chi connectivity index (χ0v) is 14.9. The molecule has 1 saturated heterocycles. The molecule has 1 fully saturated rings. The summed E-state index contributed by atoms with van der Waals surface area (Å²) in [7, 11) is -3.13. The molecule has 1 N–H and O–H groups in total. The van der Waals surface area contributed by atoms with E-state index in [2.05, 4.69) is 5.32 Å². The molecule has 1 aromatic rings. The van der Waals surface area contributed by atoms with Crippen molar-refractivity contribution in [3.8, 4) is 0 Å². The molecule has 134 valence electrons. The molecule has 3 rings (SSSR count). The van der Waals surface area contributed by atoms with Gasteiger partial charge in [0, 0.05) is 6.04 Å². The fraction of sp³-hybridized carbons (Fsp3) is 0.471. The number of nitrogens with one attached hydrogen (secondary N) is 1. The van der Waals surface area contributed by atoms with Gasteiger partial charge >= 0.3 is 0 Å². The first kappa shape index (κ1) is 17.6. The molecule has 0 bridgehead atoms. The highest BCUT2D eigenvalue weighted by Crippen LogP contribution is 2.27. The van der Waals surface area contributed by atoms with Gasteiger partial charge in [-0.15, -0.1) is 0 Å². The first-order valence-electron chi connectivity index (χ1n) is 8.19. The average molecular weight is 364 g/mol. The van der Waals surface area contributed by atoms with E-state index in [-0.39, 0.29) is 28.6 Å². The lowest BCUT2D eigenvalue weighted by molar-refractivity contribution is -0.126. The van der Waals surface area contributed by atoms with E-state index in [4.69, 9.17) is 0 Å². The number of nitrogens with zero attached hydrogens (tertiary/aromatic N) is 1. The molecule has 0 aromatic heterocycles. The zero-order chi connectivity index (χ0) is 18.4. The van der Waals surface area contributed by atoms with Gasteiger partial charge in [-0.2, -0.15) is 0 Å². The number of amides is 3. The summed E-state index contributed by atoms with van der Waals surface area (Å²) in [6, 6.07) is 5.01. The predicted molar refractivity (Wildman–Crippen MR) is 90.8 cm³/mol. The maximum absolute atomic E-state index is 12.7. The first-order chi connectivity index (χ1) is 11.7. The minimum absolute atomic E-state index is 0.0390. The van der Waals surface area contributed by atoms with E-state index in [9.17, 15) is 22.8 Å². The fourth-order valence-corrected chi connectivity index (χ4v) is 5.05. The van der Waals surface area contributed by atoms with Crippen molar-refractivity contribution in [3.05, 3.63) is 35.4 Å². The maximum atomic E-state index is 12.7. The maximum Gasteiger partial charge on any atom is 0.262 e. The van der Waals surface area contributed by atoms with Gasteiger partial charge in [-0.1, -0.05) is 26.0 Å². The number of hydrogen-bond acceptors (Lipinski definition) is 5. The molecule has 3 amide bonds. The van der Waals surface area contributed by atoms with Crippen LogP contribution >= 0.6 is 0 Å². The number of fused-ring (bicyclic) bond motifs is 1. The number of imide groups is 1. The highest BCUT2D eigenvalue weighted by atomic mass is 32.2. The lowest BCUT2D eigenvalue weighted by Crippen LogP contribution is -2.54. The molecular formula is C17H20N2O5S. The van der Waals surface area contributed by atoms with Crippen LogP contribution in [0.15, 0.2) is 24.3 Å². The summed E-state index contributed by atoms with van der Waals surface area (Å²) in [6.07, 6.45) is 0.348. The monoisotopic (exact) mass is 364 g/mol. The van der Waals surface area contributed by atoms with Crippen LogP contribution in [-0.4, -0.2) is 54.6 Å². The zero-order valence-electron chi connectivity index (χ0n) is 14.1. The van der Waals surface area contributed by atoms with Gasteiger partial charge in [-0.05, 0) is 24.5 Å². The Bertz CT molecular complexity index is 811. The van der Waals surface area contributed by atoms with Crippen molar-refractivity contribution in [3.63, 3.8) is 0 Å². The number of rotatable bonds is 4. The minimum atomic E-state index is -3.13. The van der Waals surface area contributed by atoms with Gasteiger partial charge in [-0.25, -0.2) is 8.42 Å². The number of hydrogen-bond donors (Lipinski definition) is 1. The van der Waals surface area contributed by atoms with Gasteiger partial charge in [0.05, 0.1) is 22.6 Å². The molecule has 2 heterocycles. The van der Waals surface area contributed by atoms with Crippen molar-refractivity contribution >= 4 is 27.6 Å². The third-order valence-electron chi connectivity index (χ3n) is 4.58. The number of carbonyl (C=O) groups is 3. The van der Waals surface area contributed by atoms with Crippen LogP contribution in [0.1, 0.15) is 41.0 Å². The Hall–Kier alpha value is -2.22. The van der Waals surface area contributed by atoms with Gasteiger partial charge in [0.2, 0.25) is 5.91 Å². The molecule has 0 saturated carbocycles. The number of sulfone groups is 1. The summed E-state index contributed by atoms with van der Waals surface area (Å²) < 4.78 is 23.1. The Balaban J connectivity index is 1.84. The van der Waals surface area contributed by atoms with Crippen LogP contribution in [0.3, 0.4) is 0 Å². The molecule has 0 unspecified atom stereocenters. The van der Waals surface area contributed by atoms with E-state index in [0.717, 1.165) is 4.90 Å². The van der Waals surface area contributed by atoms with E-state index in [1.54, 1.807) is 38.1 Å².